The molecule has 3 heterocycles. The molecule has 5 aromatic rings. The van der Waals surface area contributed by atoms with Crippen LogP contribution in [0.3, 0.4) is 0 Å². The Labute approximate surface area is 262 Å². The molecule has 0 saturated heterocycles. The number of carboxylic acids is 1. The number of ether oxygens (including phenoxy) is 2. The van der Waals surface area contributed by atoms with E-state index in [0.717, 1.165) is 6.07 Å². The summed E-state index contributed by atoms with van der Waals surface area (Å²) >= 11 is 7.52. The third-order valence-corrected chi connectivity index (χ3v) is 8.04. The largest absolute Gasteiger partial charge is 0.573 e. The highest BCUT2D eigenvalue weighted by Crippen LogP contribution is 2.40. The number of carboxylic acid groups (broad SMARTS) is 1. The molecule has 10 nitrogen and oxygen atoms in total. The topological polar surface area (TPSA) is 131 Å². The molecule has 0 atom stereocenters. The molecule has 1 N–H and O–H groups in total. The van der Waals surface area contributed by atoms with Gasteiger partial charge < -0.3 is 19.5 Å². The fourth-order valence-corrected chi connectivity index (χ4v) is 6.16. The molecular formula is C30H23ClF3N5O5S. The zero-order valence-corrected chi connectivity index (χ0v) is 25.5. The Morgan fingerprint density at radius 2 is 1.96 bits per heavy atom. The molecule has 0 bridgehead atoms. The number of aromatic nitrogens is 3. The van der Waals surface area contributed by atoms with E-state index < -0.39 is 23.6 Å². The molecule has 0 aliphatic heterocycles. The van der Waals surface area contributed by atoms with Gasteiger partial charge in [-0.1, -0.05) is 11.6 Å². The average Bonchev–Trinajstić information content (AvgIpc) is 3.40. The van der Waals surface area contributed by atoms with E-state index in [-0.39, 0.29) is 53.1 Å². The molecule has 0 aliphatic carbocycles. The number of hydrogen-bond donors (Lipinski definition) is 1. The summed E-state index contributed by atoms with van der Waals surface area (Å²) in [6, 6.07) is 9.56. The lowest BCUT2D eigenvalue weighted by molar-refractivity contribution is -0.274. The maximum absolute atomic E-state index is 13.7. The van der Waals surface area contributed by atoms with Crippen LogP contribution >= 0.6 is 22.9 Å². The number of alkyl halides is 3. The van der Waals surface area contributed by atoms with Crippen LogP contribution in [0.15, 0.2) is 46.7 Å². The molecule has 0 unspecified atom stereocenters. The molecule has 5 rings (SSSR count). The Bertz CT molecular complexity index is 2070. The van der Waals surface area contributed by atoms with Gasteiger partial charge in [0.1, 0.15) is 30.0 Å². The van der Waals surface area contributed by atoms with Crippen molar-refractivity contribution in [2.75, 3.05) is 20.7 Å². The number of nitrogens with zero attached hydrogens (tertiary/aromatic N) is 5. The second-order valence-electron chi connectivity index (χ2n) is 10.1. The van der Waals surface area contributed by atoms with Crippen molar-refractivity contribution in [1.29, 1.82) is 5.26 Å². The Kier molecular flexibility index (Phi) is 8.70. The van der Waals surface area contributed by atoms with Gasteiger partial charge in [-0.05, 0) is 45.3 Å². The Morgan fingerprint density at radius 1 is 1.20 bits per heavy atom. The summed E-state index contributed by atoms with van der Waals surface area (Å²) in [4.78, 5) is 35.5. The van der Waals surface area contributed by atoms with E-state index >= 15 is 0 Å². The summed E-state index contributed by atoms with van der Waals surface area (Å²) in [5, 5.41) is 21.3. The van der Waals surface area contributed by atoms with Crippen molar-refractivity contribution < 1.29 is 32.5 Å². The second kappa shape index (κ2) is 12.4. The molecule has 0 aliphatic rings. The minimum atomic E-state index is -5.02. The van der Waals surface area contributed by atoms with E-state index in [1.807, 2.05) is 6.07 Å². The third kappa shape index (κ3) is 6.41. The second-order valence-corrected chi connectivity index (χ2v) is 11.4. The zero-order chi connectivity index (χ0) is 32.6. The summed E-state index contributed by atoms with van der Waals surface area (Å²) in [7, 11) is 3.22. The predicted molar refractivity (Wildman–Crippen MR) is 162 cm³/mol. The number of carbonyl (C=O) groups is 1. The van der Waals surface area contributed by atoms with Gasteiger partial charge >= 0.3 is 12.3 Å². The van der Waals surface area contributed by atoms with Crippen LogP contribution in [-0.4, -0.2) is 57.6 Å². The summed E-state index contributed by atoms with van der Waals surface area (Å²) in [6.07, 6.45) is -3.53. The first-order valence-corrected chi connectivity index (χ1v) is 14.4. The first-order chi connectivity index (χ1) is 21.3. The van der Waals surface area contributed by atoms with Gasteiger partial charge in [-0.25, -0.2) is 9.78 Å². The number of nitriles is 1. The number of benzene rings is 2. The van der Waals surface area contributed by atoms with Gasteiger partial charge in [0, 0.05) is 45.9 Å². The molecule has 0 spiro atoms. The number of aromatic carboxylic acids is 1. The number of pyridine rings is 1. The minimum Gasteiger partial charge on any atom is -0.491 e. The van der Waals surface area contributed by atoms with E-state index in [2.05, 4.69) is 14.7 Å². The van der Waals surface area contributed by atoms with Crippen LogP contribution in [-0.2, 0) is 13.1 Å². The van der Waals surface area contributed by atoms with Gasteiger partial charge in [-0.3, -0.25) is 14.3 Å². The molecule has 0 saturated carbocycles. The van der Waals surface area contributed by atoms with E-state index in [9.17, 15) is 33.1 Å². The van der Waals surface area contributed by atoms with Crippen LogP contribution in [0.25, 0.3) is 32.2 Å². The van der Waals surface area contributed by atoms with Crippen LogP contribution < -0.4 is 15.0 Å². The highest BCUT2D eigenvalue weighted by molar-refractivity contribution is 7.18. The fourth-order valence-electron chi connectivity index (χ4n) is 4.96. The molecule has 232 valence electrons. The number of rotatable bonds is 9. The quantitative estimate of drug-likeness (QED) is 0.196. The normalized spacial score (nSPS) is 11.7. The van der Waals surface area contributed by atoms with Crippen molar-refractivity contribution in [2.45, 2.75) is 26.4 Å². The number of aryl methyl sites for hydroxylation is 1. The van der Waals surface area contributed by atoms with Gasteiger partial charge in [0.2, 0.25) is 0 Å². The number of hydrogen-bond acceptors (Lipinski definition) is 9. The van der Waals surface area contributed by atoms with Crippen LogP contribution in [0.2, 0.25) is 5.02 Å². The van der Waals surface area contributed by atoms with E-state index in [1.54, 1.807) is 43.3 Å². The Balaban J connectivity index is 1.52. The number of fused-ring (bicyclic) bond motifs is 2. The highest BCUT2D eigenvalue weighted by Gasteiger charge is 2.34. The van der Waals surface area contributed by atoms with E-state index in [0.29, 0.717) is 32.1 Å². The number of halogens is 4. The molecular weight excluding hydrogens is 635 g/mol. The van der Waals surface area contributed by atoms with E-state index in [1.165, 1.54) is 34.4 Å². The summed E-state index contributed by atoms with van der Waals surface area (Å²) in [5.41, 5.74) is 0.549. The molecule has 0 fully saturated rings. The molecule has 3 aromatic heterocycles. The standard InChI is InChI=1S/C30H23ClF3N5O5S/c1-15-37-22-11-24(44-30(32,33)34)20(13-38(2)3)19(12-35)25(22)28(40)39(15)8-9-43-23-5-4-16(31)10-18(23)17-6-7-36-26-21(29(41)42)14-45-27(17)26/h4-7,10-11,14H,8-9,13H2,1-3H3,(H,41,42). The summed E-state index contributed by atoms with van der Waals surface area (Å²) in [6.45, 7) is 1.37. The lowest BCUT2D eigenvalue weighted by Gasteiger charge is -2.20. The Hall–Kier alpha value is -4.71. The van der Waals surface area contributed by atoms with Crippen molar-refractivity contribution in [1.82, 2.24) is 19.4 Å². The van der Waals surface area contributed by atoms with Crippen molar-refractivity contribution in [3.63, 3.8) is 0 Å². The van der Waals surface area contributed by atoms with Crippen LogP contribution in [0.4, 0.5) is 13.2 Å². The summed E-state index contributed by atoms with van der Waals surface area (Å²) in [5.74, 6) is -1.12. The molecule has 45 heavy (non-hydrogen) atoms. The average molecular weight is 658 g/mol. The molecule has 0 amide bonds. The van der Waals surface area contributed by atoms with Crippen LogP contribution in [0, 0.1) is 18.3 Å². The van der Waals surface area contributed by atoms with Crippen LogP contribution in [0.5, 0.6) is 11.5 Å². The number of thiophene rings is 1. The summed E-state index contributed by atoms with van der Waals surface area (Å²) < 4.78 is 51.9. The fraction of sp³-hybridized carbons (Fsp3) is 0.233. The van der Waals surface area contributed by atoms with Crippen molar-refractivity contribution in [3.8, 4) is 28.7 Å². The highest BCUT2D eigenvalue weighted by atomic mass is 35.5. The van der Waals surface area contributed by atoms with Gasteiger partial charge in [-0.2, -0.15) is 5.26 Å². The lowest BCUT2D eigenvalue weighted by atomic mass is 10.0. The molecule has 0 radical (unpaired) electrons. The Morgan fingerprint density at radius 3 is 2.62 bits per heavy atom. The van der Waals surface area contributed by atoms with Crippen molar-refractivity contribution in [2.24, 2.45) is 0 Å². The van der Waals surface area contributed by atoms with Gasteiger partial charge in [0.05, 0.1) is 38.8 Å². The molecule has 2 aromatic carbocycles. The van der Waals surface area contributed by atoms with Gasteiger partial charge in [0.25, 0.3) is 5.56 Å². The predicted octanol–water partition coefficient (Wildman–Crippen LogP) is 6.24. The van der Waals surface area contributed by atoms with Crippen molar-refractivity contribution in [3.05, 3.63) is 79.8 Å². The lowest BCUT2D eigenvalue weighted by Crippen LogP contribution is -2.28. The van der Waals surface area contributed by atoms with Gasteiger partial charge in [-0.15, -0.1) is 24.5 Å². The third-order valence-electron chi connectivity index (χ3n) is 6.81. The SMILES string of the molecule is Cc1nc2cc(OC(F)(F)F)c(CN(C)C)c(C#N)c2c(=O)n1CCOc1ccc(Cl)cc1-c1ccnc2c(C(=O)O)csc12. The monoisotopic (exact) mass is 657 g/mol. The maximum atomic E-state index is 13.7. The maximum Gasteiger partial charge on any atom is 0.573 e. The van der Waals surface area contributed by atoms with Gasteiger partial charge in [0.15, 0.2) is 0 Å². The zero-order valence-electron chi connectivity index (χ0n) is 23.9. The smallest absolute Gasteiger partial charge is 0.491 e. The van der Waals surface area contributed by atoms with E-state index in [4.69, 9.17) is 16.3 Å². The van der Waals surface area contributed by atoms with Crippen molar-refractivity contribution >= 4 is 50.0 Å². The first-order valence-electron chi connectivity index (χ1n) is 13.2. The first kappa shape index (κ1) is 31.7. The molecule has 15 heteroatoms. The van der Waals surface area contributed by atoms with Crippen LogP contribution in [0.1, 0.15) is 27.3 Å². The minimum absolute atomic E-state index is 0.0156.